The van der Waals surface area contributed by atoms with Gasteiger partial charge >= 0.3 is 12.1 Å². The van der Waals surface area contributed by atoms with E-state index in [1.165, 1.54) is 21.3 Å². The van der Waals surface area contributed by atoms with E-state index in [2.05, 4.69) is 43.0 Å². The second-order valence-corrected chi connectivity index (χ2v) is 14.2. The van der Waals surface area contributed by atoms with Gasteiger partial charge in [-0.2, -0.15) is 14.6 Å². The lowest BCUT2D eigenvalue weighted by Gasteiger charge is -2.39. The summed E-state index contributed by atoms with van der Waals surface area (Å²) in [6, 6.07) is 8.81. The minimum absolute atomic E-state index is 0.155. The SMILES string of the molecule is CC(C)(C)OC(=O)n1c2c(c3ccccc31)CCCC2(Nc1nc(-c2cncc(F)c2)nc2c(I)cnn12)C(=O)OC(C)(C)C. The van der Waals surface area contributed by atoms with Gasteiger partial charge in [0.05, 0.1) is 27.2 Å². The fraction of sp³-hybridized carbons (Fsp3) is 0.375. The Morgan fingerprint density at radius 1 is 1.02 bits per heavy atom. The highest BCUT2D eigenvalue weighted by Crippen LogP contribution is 2.45. The second-order valence-electron chi connectivity index (χ2n) is 13.0. The van der Waals surface area contributed by atoms with Crippen LogP contribution in [0.25, 0.3) is 27.9 Å². The van der Waals surface area contributed by atoms with Gasteiger partial charge in [0.2, 0.25) is 5.95 Å². The first kappa shape index (κ1) is 30.9. The number of halogens is 2. The van der Waals surface area contributed by atoms with E-state index in [-0.39, 0.29) is 18.2 Å². The normalized spacial score (nSPS) is 16.9. The Morgan fingerprint density at radius 3 is 2.47 bits per heavy atom. The standard InChI is InChI=1S/C32H33FIN7O4/c1-30(2,3)44-27(42)32(39-28-38-25(18-14-19(33)16-35-15-18)37-26-22(34)17-36-41(26)28)13-9-11-21-20-10-7-8-12-23(20)40(24(21)32)29(43)45-31(4,5)6/h7-8,10,12,14-17H,9,11,13H2,1-6H3,(H,37,38,39). The smallest absolute Gasteiger partial charge is 0.419 e. The number of pyridine rings is 1. The number of aryl methyl sites for hydroxylation is 1. The molecule has 13 heteroatoms. The maximum atomic E-state index is 14.6. The third-order valence-electron chi connectivity index (χ3n) is 7.30. The van der Waals surface area contributed by atoms with Crippen LogP contribution in [-0.2, 0) is 26.2 Å². The van der Waals surface area contributed by atoms with E-state index in [0.29, 0.717) is 38.8 Å². The molecule has 0 spiro atoms. The van der Waals surface area contributed by atoms with Gasteiger partial charge in [-0.25, -0.2) is 23.5 Å². The number of carbonyl (C=O) groups excluding carboxylic acids is 2. The third-order valence-corrected chi connectivity index (χ3v) is 8.06. The van der Waals surface area contributed by atoms with Crippen molar-refractivity contribution in [3.8, 4) is 11.4 Å². The zero-order valence-electron chi connectivity index (χ0n) is 25.8. The molecule has 0 saturated heterocycles. The van der Waals surface area contributed by atoms with Crippen molar-refractivity contribution in [2.24, 2.45) is 0 Å². The Bertz CT molecular complexity index is 1970. The molecule has 1 aromatic carbocycles. The zero-order valence-corrected chi connectivity index (χ0v) is 28.0. The van der Waals surface area contributed by atoms with Crippen LogP contribution in [-0.4, -0.2) is 52.4 Å². The van der Waals surface area contributed by atoms with Crippen molar-refractivity contribution in [1.82, 2.24) is 29.1 Å². The Hall–Kier alpha value is -4.14. The van der Waals surface area contributed by atoms with Crippen LogP contribution < -0.4 is 5.32 Å². The summed E-state index contributed by atoms with van der Waals surface area (Å²) in [7, 11) is 0. The lowest BCUT2D eigenvalue weighted by molar-refractivity contribution is -0.162. The molecule has 0 radical (unpaired) electrons. The van der Waals surface area contributed by atoms with E-state index >= 15 is 0 Å². The molecule has 0 bridgehead atoms. The molecule has 0 amide bonds. The van der Waals surface area contributed by atoms with Crippen molar-refractivity contribution in [2.45, 2.75) is 77.5 Å². The summed E-state index contributed by atoms with van der Waals surface area (Å²) in [4.78, 5) is 41.9. The van der Waals surface area contributed by atoms with Gasteiger partial charge in [-0.3, -0.25) is 4.98 Å². The first-order chi connectivity index (χ1) is 21.2. The topological polar surface area (TPSA) is 126 Å². The van der Waals surface area contributed by atoms with Crippen molar-refractivity contribution in [1.29, 1.82) is 0 Å². The molecule has 45 heavy (non-hydrogen) atoms. The van der Waals surface area contributed by atoms with E-state index in [0.717, 1.165) is 17.1 Å². The van der Waals surface area contributed by atoms with Crippen LogP contribution in [0.4, 0.5) is 15.1 Å². The van der Waals surface area contributed by atoms with E-state index in [1.54, 1.807) is 47.7 Å². The van der Waals surface area contributed by atoms with Crippen molar-refractivity contribution < 1.29 is 23.5 Å². The van der Waals surface area contributed by atoms with Gasteiger partial charge in [-0.1, -0.05) is 18.2 Å². The number of aromatic nitrogens is 6. The molecule has 1 N–H and O–H groups in total. The predicted octanol–water partition coefficient (Wildman–Crippen LogP) is 6.65. The molecule has 1 aliphatic carbocycles. The van der Waals surface area contributed by atoms with E-state index in [4.69, 9.17) is 14.5 Å². The van der Waals surface area contributed by atoms with Crippen molar-refractivity contribution >= 4 is 57.2 Å². The lowest BCUT2D eigenvalue weighted by Crippen LogP contribution is -2.51. The maximum absolute atomic E-state index is 14.6. The van der Waals surface area contributed by atoms with Gasteiger partial charge in [-0.05, 0) is 101 Å². The fourth-order valence-electron chi connectivity index (χ4n) is 5.68. The Balaban J connectivity index is 1.64. The van der Waals surface area contributed by atoms with Crippen molar-refractivity contribution in [2.75, 3.05) is 5.32 Å². The summed E-state index contributed by atoms with van der Waals surface area (Å²) in [5.74, 6) is -0.802. The predicted molar refractivity (Wildman–Crippen MR) is 174 cm³/mol. The average Bonchev–Trinajstić information content (AvgIpc) is 3.50. The summed E-state index contributed by atoms with van der Waals surface area (Å²) < 4.78 is 29.9. The number of hydrogen-bond acceptors (Lipinski definition) is 9. The summed E-state index contributed by atoms with van der Waals surface area (Å²) in [6.07, 6.45) is 5.06. The molecule has 4 heterocycles. The van der Waals surface area contributed by atoms with Crippen LogP contribution in [0.2, 0.25) is 0 Å². The Kier molecular flexibility index (Phi) is 7.57. The second kappa shape index (κ2) is 11.0. The molecule has 6 rings (SSSR count). The first-order valence-corrected chi connectivity index (χ1v) is 15.6. The molecule has 0 fully saturated rings. The van der Waals surface area contributed by atoms with Crippen LogP contribution >= 0.6 is 22.6 Å². The quantitative estimate of drug-likeness (QED) is 0.160. The zero-order chi connectivity index (χ0) is 32.3. The molecule has 0 aliphatic heterocycles. The highest BCUT2D eigenvalue weighted by Gasteiger charge is 2.51. The number of fused-ring (bicyclic) bond motifs is 4. The number of anilines is 1. The average molecular weight is 726 g/mol. The van der Waals surface area contributed by atoms with Crippen molar-refractivity contribution in [3.05, 3.63) is 69.6 Å². The minimum Gasteiger partial charge on any atom is -0.458 e. The summed E-state index contributed by atoms with van der Waals surface area (Å²) in [5, 5.41) is 8.72. The van der Waals surface area contributed by atoms with E-state index in [1.807, 2.05) is 24.3 Å². The lowest BCUT2D eigenvalue weighted by atomic mass is 9.79. The first-order valence-electron chi connectivity index (χ1n) is 14.6. The third kappa shape index (κ3) is 5.73. The molecule has 1 aliphatic rings. The van der Waals surface area contributed by atoms with Gasteiger partial charge in [0, 0.05) is 17.1 Å². The number of carbonyl (C=O) groups is 2. The molecule has 4 aromatic heterocycles. The van der Waals surface area contributed by atoms with Crippen LogP contribution in [0.5, 0.6) is 0 Å². The van der Waals surface area contributed by atoms with Crippen molar-refractivity contribution in [3.63, 3.8) is 0 Å². The number of nitrogens with one attached hydrogen (secondary N) is 1. The van der Waals surface area contributed by atoms with Crippen LogP contribution in [0, 0.1) is 9.39 Å². The molecule has 11 nitrogen and oxygen atoms in total. The van der Waals surface area contributed by atoms with E-state index < -0.39 is 34.6 Å². The molecule has 1 atom stereocenters. The number of esters is 1. The number of ether oxygens (including phenoxy) is 2. The van der Waals surface area contributed by atoms with E-state index in [9.17, 15) is 14.0 Å². The van der Waals surface area contributed by atoms with Gasteiger partial charge in [0.15, 0.2) is 17.0 Å². The van der Waals surface area contributed by atoms with Gasteiger partial charge in [0.25, 0.3) is 0 Å². The Labute approximate surface area is 272 Å². The number of nitrogens with zero attached hydrogens (tertiary/aromatic N) is 6. The van der Waals surface area contributed by atoms with Gasteiger partial charge < -0.3 is 14.8 Å². The highest BCUT2D eigenvalue weighted by molar-refractivity contribution is 14.1. The summed E-state index contributed by atoms with van der Waals surface area (Å²) >= 11 is 2.11. The van der Waals surface area contributed by atoms with Crippen LogP contribution in [0.3, 0.4) is 0 Å². The van der Waals surface area contributed by atoms with Crippen LogP contribution in [0.1, 0.15) is 65.6 Å². The van der Waals surface area contributed by atoms with Gasteiger partial charge in [-0.15, -0.1) is 0 Å². The molecule has 5 aromatic rings. The van der Waals surface area contributed by atoms with Gasteiger partial charge in [0.1, 0.15) is 17.0 Å². The molecule has 1 unspecified atom stereocenters. The highest BCUT2D eigenvalue weighted by atomic mass is 127. The Morgan fingerprint density at radius 2 is 1.76 bits per heavy atom. The number of hydrogen-bond donors (Lipinski definition) is 1. The molecular formula is C32H33FIN7O4. The number of rotatable bonds is 4. The van der Waals surface area contributed by atoms with Crippen LogP contribution in [0.15, 0.2) is 48.9 Å². The molecule has 0 saturated carbocycles. The fourth-order valence-corrected chi connectivity index (χ4v) is 6.15. The number of benzene rings is 1. The monoisotopic (exact) mass is 725 g/mol. The molecular weight excluding hydrogens is 692 g/mol. The largest absolute Gasteiger partial charge is 0.458 e. The number of para-hydroxylation sites is 1. The molecule has 234 valence electrons. The summed E-state index contributed by atoms with van der Waals surface area (Å²) in [5.41, 5.74) is -0.617. The minimum atomic E-state index is -1.60. The maximum Gasteiger partial charge on any atom is 0.419 e. The summed E-state index contributed by atoms with van der Waals surface area (Å²) in [6.45, 7) is 10.8.